The number of nitrogens with zero attached hydrogens (tertiary/aromatic N) is 3. The summed E-state index contributed by atoms with van der Waals surface area (Å²) in [5.74, 6) is -1.25. The van der Waals surface area contributed by atoms with Crippen molar-refractivity contribution in [2.75, 3.05) is 6.26 Å². The molecule has 0 fully saturated rings. The van der Waals surface area contributed by atoms with Gasteiger partial charge in [-0.2, -0.15) is 9.78 Å². The van der Waals surface area contributed by atoms with Crippen LogP contribution in [0.5, 0.6) is 0 Å². The molecule has 7 nitrogen and oxygen atoms in total. The van der Waals surface area contributed by atoms with Crippen molar-refractivity contribution in [3.8, 4) is 27.5 Å². The van der Waals surface area contributed by atoms with Crippen molar-refractivity contribution in [2.45, 2.75) is 36.0 Å². The monoisotopic (exact) mass is 595 g/mol. The average Bonchev–Trinajstić information content (AvgIpc) is 3.36. The van der Waals surface area contributed by atoms with E-state index >= 15 is 0 Å². The van der Waals surface area contributed by atoms with Crippen LogP contribution in [0.25, 0.3) is 27.5 Å². The number of aromatic nitrogens is 3. The number of sulfone groups is 1. The van der Waals surface area contributed by atoms with Crippen molar-refractivity contribution in [2.24, 2.45) is 0 Å². The van der Waals surface area contributed by atoms with E-state index in [1.165, 1.54) is 22.3 Å². The van der Waals surface area contributed by atoms with Gasteiger partial charge >= 0.3 is 5.97 Å². The standard InChI is InChI=1S/C25H23Cl2N3O4S3/c1-13(2)35-24-21(17-9-10-18(26)19(27)11-17)28-25(36-24)30-22(23(31)32)20(14(3)29-30)16-7-5-15(6-8-16)12-37(4,33)34/h5-11,13H,12H2,1-4H3,(H,31,32). The third-order valence-corrected chi connectivity index (χ3v) is 9.08. The number of aryl methyl sites for hydroxylation is 1. The van der Waals surface area contributed by atoms with Crippen LogP contribution in [0.15, 0.2) is 46.7 Å². The number of carboxylic acids is 1. The zero-order chi connectivity index (χ0) is 27.1. The molecule has 0 saturated heterocycles. The fraction of sp³-hybridized carbons (Fsp3) is 0.240. The molecule has 0 bridgehead atoms. The Hall–Kier alpha value is -2.37. The van der Waals surface area contributed by atoms with Crippen molar-refractivity contribution >= 4 is 62.1 Å². The number of hydrogen-bond donors (Lipinski definition) is 1. The molecular weight excluding hydrogens is 573 g/mol. The fourth-order valence-electron chi connectivity index (χ4n) is 3.78. The predicted octanol–water partition coefficient (Wildman–Crippen LogP) is 7.02. The molecule has 4 aromatic rings. The number of benzene rings is 2. The number of carboxylic acid groups (broad SMARTS) is 1. The summed E-state index contributed by atoms with van der Waals surface area (Å²) in [5.41, 5.74) is 3.62. The highest BCUT2D eigenvalue weighted by Gasteiger charge is 2.27. The number of hydrogen-bond acceptors (Lipinski definition) is 7. The zero-order valence-corrected chi connectivity index (χ0v) is 24.3. The molecule has 194 valence electrons. The molecule has 0 saturated carbocycles. The lowest BCUT2D eigenvalue weighted by Crippen LogP contribution is -2.09. The van der Waals surface area contributed by atoms with Crippen LogP contribution in [-0.2, 0) is 15.6 Å². The molecule has 0 spiro atoms. The second-order valence-corrected chi connectivity index (χ2v) is 14.5. The highest BCUT2D eigenvalue weighted by atomic mass is 35.5. The van der Waals surface area contributed by atoms with Gasteiger partial charge in [-0.05, 0) is 30.2 Å². The van der Waals surface area contributed by atoms with Crippen LogP contribution in [0.3, 0.4) is 0 Å². The Morgan fingerprint density at radius 1 is 1.11 bits per heavy atom. The molecule has 0 aliphatic rings. The van der Waals surface area contributed by atoms with Gasteiger partial charge in [-0.1, -0.05) is 78.7 Å². The van der Waals surface area contributed by atoms with Crippen LogP contribution < -0.4 is 0 Å². The molecule has 2 aromatic heterocycles. The normalized spacial score (nSPS) is 11.9. The van der Waals surface area contributed by atoms with Crippen LogP contribution in [0.2, 0.25) is 10.0 Å². The minimum atomic E-state index is -3.19. The summed E-state index contributed by atoms with van der Waals surface area (Å²) in [6, 6.07) is 12.1. The minimum absolute atomic E-state index is 0.0242. The molecule has 0 amide bonds. The van der Waals surface area contributed by atoms with Gasteiger partial charge in [0.2, 0.25) is 5.13 Å². The Balaban J connectivity index is 1.85. The summed E-state index contributed by atoms with van der Waals surface area (Å²) in [4.78, 5) is 17.3. The lowest BCUT2D eigenvalue weighted by atomic mass is 10.0. The molecule has 0 unspecified atom stereocenters. The van der Waals surface area contributed by atoms with Crippen molar-refractivity contribution in [1.82, 2.24) is 14.8 Å². The second kappa shape index (κ2) is 10.8. The SMILES string of the molecule is Cc1nn(-c2nc(-c3ccc(Cl)c(Cl)c3)c(SC(C)C)s2)c(C(=O)O)c1-c1ccc(CS(C)(=O)=O)cc1. The second-order valence-electron chi connectivity index (χ2n) is 8.72. The molecule has 12 heteroatoms. The van der Waals surface area contributed by atoms with Gasteiger partial charge in [0, 0.05) is 22.6 Å². The van der Waals surface area contributed by atoms with Crippen LogP contribution in [0.4, 0.5) is 0 Å². The van der Waals surface area contributed by atoms with Gasteiger partial charge in [0.25, 0.3) is 0 Å². The first-order chi connectivity index (χ1) is 17.3. The van der Waals surface area contributed by atoms with Crippen LogP contribution in [0.1, 0.15) is 35.6 Å². The molecule has 1 N–H and O–H groups in total. The van der Waals surface area contributed by atoms with E-state index in [0.29, 0.717) is 43.3 Å². The first-order valence-electron chi connectivity index (χ1n) is 11.1. The number of rotatable bonds is 8. The van der Waals surface area contributed by atoms with Gasteiger partial charge in [-0.15, -0.1) is 11.8 Å². The number of aromatic carboxylic acids is 1. The lowest BCUT2D eigenvalue weighted by Gasteiger charge is -2.06. The molecular formula is C25H23Cl2N3O4S3. The first kappa shape index (κ1) is 27.7. The van der Waals surface area contributed by atoms with Crippen LogP contribution >= 0.6 is 46.3 Å². The third kappa shape index (κ3) is 6.21. The van der Waals surface area contributed by atoms with E-state index in [-0.39, 0.29) is 16.7 Å². The van der Waals surface area contributed by atoms with Crippen molar-refractivity contribution in [1.29, 1.82) is 0 Å². The summed E-state index contributed by atoms with van der Waals surface area (Å²) < 4.78 is 25.5. The van der Waals surface area contributed by atoms with Crippen molar-refractivity contribution in [3.05, 3.63) is 69.5 Å². The van der Waals surface area contributed by atoms with Gasteiger partial charge in [-0.25, -0.2) is 18.2 Å². The quantitative estimate of drug-likeness (QED) is 0.218. The van der Waals surface area contributed by atoms with E-state index in [9.17, 15) is 18.3 Å². The Labute approximate surface area is 233 Å². The molecule has 0 radical (unpaired) electrons. The smallest absolute Gasteiger partial charge is 0.355 e. The van der Waals surface area contributed by atoms with E-state index in [2.05, 4.69) is 18.9 Å². The number of thioether (sulfide) groups is 1. The molecule has 0 aliphatic heterocycles. The Bertz CT molecular complexity index is 1590. The maximum Gasteiger partial charge on any atom is 0.355 e. The summed E-state index contributed by atoms with van der Waals surface area (Å²) in [6.45, 7) is 5.86. The van der Waals surface area contributed by atoms with E-state index in [1.54, 1.807) is 55.1 Å². The van der Waals surface area contributed by atoms with Crippen LogP contribution in [-0.4, -0.2) is 45.8 Å². The van der Waals surface area contributed by atoms with E-state index in [1.807, 2.05) is 6.07 Å². The maximum absolute atomic E-state index is 12.5. The highest BCUT2D eigenvalue weighted by Crippen LogP contribution is 2.42. The molecule has 2 aromatic carbocycles. The molecule has 2 heterocycles. The maximum atomic E-state index is 12.5. The molecule has 37 heavy (non-hydrogen) atoms. The summed E-state index contributed by atoms with van der Waals surface area (Å²) in [7, 11) is -3.19. The third-order valence-electron chi connectivity index (χ3n) is 5.24. The molecule has 0 atom stereocenters. The van der Waals surface area contributed by atoms with Crippen molar-refractivity contribution < 1.29 is 18.3 Å². The number of thiazole rings is 1. The zero-order valence-electron chi connectivity index (χ0n) is 20.3. The largest absolute Gasteiger partial charge is 0.476 e. The molecule has 0 aliphatic carbocycles. The first-order valence-corrected chi connectivity index (χ1v) is 15.6. The van der Waals surface area contributed by atoms with E-state index < -0.39 is 15.8 Å². The predicted molar refractivity (Wildman–Crippen MR) is 151 cm³/mol. The van der Waals surface area contributed by atoms with E-state index in [0.717, 1.165) is 9.77 Å². The minimum Gasteiger partial charge on any atom is -0.476 e. The lowest BCUT2D eigenvalue weighted by molar-refractivity contribution is 0.0688. The van der Waals surface area contributed by atoms with Gasteiger partial charge in [0.05, 0.1) is 31.4 Å². The van der Waals surface area contributed by atoms with E-state index in [4.69, 9.17) is 28.2 Å². The van der Waals surface area contributed by atoms with Gasteiger partial charge in [-0.3, -0.25) is 0 Å². The average molecular weight is 597 g/mol. The van der Waals surface area contributed by atoms with Gasteiger partial charge < -0.3 is 5.11 Å². The van der Waals surface area contributed by atoms with Crippen LogP contribution in [0, 0.1) is 6.92 Å². The fourth-order valence-corrected chi connectivity index (χ4v) is 7.36. The Morgan fingerprint density at radius 2 is 1.76 bits per heavy atom. The topological polar surface area (TPSA) is 102 Å². The van der Waals surface area contributed by atoms with Crippen molar-refractivity contribution in [3.63, 3.8) is 0 Å². The summed E-state index contributed by atoms with van der Waals surface area (Å²) in [6.07, 6.45) is 1.17. The Kier molecular flexibility index (Phi) is 8.06. The highest BCUT2D eigenvalue weighted by molar-refractivity contribution is 8.01. The number of halogens is 2. The number of carbonyl (C=O) groups is 1. The Morgan fingerprint density at radius 3 is 2.32 bits per heavy atom. The molecule has 4 rings (SSSR count). The van der Waals surface area contributed by atoms with Gasteiger partial charge in [0.15, 0.2) is 15.5 Å². The summed E-state index contributed by atoms with van der Waals surface area (Å²) in [5, 5.41) is 16.2. The summed E-state index contributed by atoms with van der Waals surface area (Å²) >= 11 is 15.3. The van der Waals surface area contributed by atoms with Gasteiger partial charge in [0.1, 0.15) is 0 Å².